The smallest absolute Gasteiger partial charge is 0.255 e. The number of rotatable bonds is 3. The van der Waals surface area contributed by atoms with Gasteiger partial charge in [-0.2, -0.15) is 0 Å². The molecule has 2 aromatic rings. The summed E-state index contributed by atoms with van der Waals surface area (Å²) in [7, 11) is 0. The molecule has 98 valence electrons. The number of amides is 1. The van der Waals surface area contributed by atoms with Gasteiger partial charge in [-0.15, -0.1) is 0 Å². The van der Waals surface area contributed by atoms with Gasteiger partial charge < -0.3 is 10.4 Å². The van der Waals surface area contributed by atoms with E-state index < -0.39 is 17.5 Å². The van der Waals surface area contributed by atoms with E-state index in [1.165, 1.54) is 6.07 Å². The maximum Gasteiger partial charge on any atom is 0.255 e. The first-order valence-electron chi connectivity index (χ1n) is 5.58. The normalized spacial score (nSPS) is 10.2. The van der Waals surface area contributed by atoms with Gasteiger partial charge in [-0.25, -0.2) is 4.39 Å². The molecule has 2 aromatic carbocycles. The SMILES string of the molecule is O=C(NCc1ccccc1Cl)c1ccc(F)cc1O. The number of nitrogens with one attached hydrogen (secondary N) is 1. The Hall–Kier alpha value is -2.07. The van der Waals surface area contributed by atoms with Gasteiger partial charge in [0.2, 0.25) is 0 Å². The summed E-state index contributed by atoms with van der Waals surface area (Å²) in [6.45, 7) is 0.231. The molecule has 1 amide bonds. The number of benzene rings is 2. The summed E-state index contributed by atoms with van der Waals surface area (Å²) < 4.78 is 12.8. The van der Waals surface area contributed by atoms with Gasteiger partial charge in [-0.3, -0.25) is 4.79 Å². The van der Waals surface area contributed by atoms with Crippen LogP contribution in [0.25, 0.3) is 0 Å². The predicted octanol–water partition coefficient (Wildman–Crippen LogP) is 3.11. The summed E-state index contributed by atoms with van der Waals surface area (Å²) in [6, 6.07) is 10.3. The lowest BCUT2D eigenvalue weighted by molar-refractivity contribution is 0.0948. The quantitative estimate of drug-likeness (QED) is 0.907. The molecule has 0 heterocycles. The number of aromatic hydroxyl groups is 1. The summed E-state index contributed by atoms with van der Waals surface area (Å²) >= 11 is 5.96. The van der Waals surface area contributed by atoms with E-state index in [1.807, 2.05) is 6.07 Å². The molecular weight excluding hydrogens is 269 g/mol. The second-order valence-electron chi connectivity index (χ2n) is 3.94. The zero-order valence-electron chi connectivity index (χ0n) is 9.86. The first-order valence-corrected chi connectivity index (χ1v) is 5.96. The van der Waals surface area contributed by atoms with E-state index in [4.69, 9.17) is 11.6 Å². The molecule has 0 fully saturated rings. The van der Waals surface area contributed by atoms with E-state index in [-0.39, 0.29) is 12.1 Å². The Morgan fingerprint density at radius 2 is 2.00 bits per heavy atom. The highest BCUT2D eigenvalue weighted by Crippen LogP contribution is 2.19. The van der Waals surface area contributed by atoms with Crippen LogP contribution in [0.2, 0.25) is 5.02 Å². The number of phenolic OH excluding ortho intramolecular Hbond substituents is 1. The van der Waals surface area contributed by atoms with Crippen LogP contribution in [0.5, 0.6) is 5.75 Å². The number of halogens is 2. The van der Waals surface area contributed by atoms with Gasteiger partial charge in [0.15, 0.2) is 0 Å². The Kier molecular flexibility index (Phi) is 4.02. The van der Waals surface area contributed by atoms with Crippen LogP contribution in [0.1, 0.15) is 15.9 Å². The monoisotopic (exact) mass is 279 g/mol. The summed E-state index contributed by atoms with van der Waals surface area (Å²) in [5.41, 5.74) is 0.785. The lowest BCUT2D eigenvalue weighted by atomic mass is 10.1. The van der Waals surface area contributed by atoms with Gasteiger partial charge in [0.05, 0.1) is 5.56 Å². The number of carbonyl (C=O) groups excluding carboxylic acids is 1. The lowest BCUT2D eigenvalue weighted by Crippen LogP contribution is -2.23. The first-order chi connectivity index (χ1) is 9.08. The van der Waals surface area contributed by atoms with E-state index in [1.54, 1.807) is 18.2 Å². The minimum Gasteiger partial charge on any atom is -0.507 e. The van der Waals surface area contributed by atoms with E-state index in [2.05, 4.69) is 5.32 Å². The van der Waals surface area contributed by atoms with Crippen LogP contribution >= 0.6 is 11.6 Å². The van der Waals surface area contributed by atoms with E-state index in [0.717, 1.165) is 17.7 Å². The first kappa shape index (κ1) is 13.4. The summed E-state index contributed by atoms with van der Waals surface area (Å²) in [5, 5.41) is 12.6. The Morgan fingerprint density at radius 3 is 2.68 bits per heavy atom. The van der Waals surface area contributed by atoms with Crippen molar-refractivity contribution in [3.8, 4) is 5.75 Å². The number of hydrogen-bond acceptors (Lipinski definition) is 2. The minimum absolute atomic E-state index is 0.0217. The van der Waals surface area contributed by atoms with Gasteiger partial charge in [-0.05, 0) is 23.8 Å². The molecule has 0 radical (unpaired) electrons. The second-order valence-corrected chi connectivity index (χ2v) is 4.34. The molecule has 0 aliphatic heterocycles. The molecule has 19 heavy (non-hydrogen) atoms. The third kappa shape index (κ3) is 3.23. The molecule has 2 rings (SSSR count). The summed E-state index contributed by atoms with van der Waals surface area (Å²) in [4.78, 5) is 11.8. The van der Waals surface area contributed by atoms with Gasteiger partial charge in [0.25, 0.3) is 5.91 Å². The zero-order valence-corrected chi connectivity index (χ0v) is 10.6. The van der Waals surface area contributed by atoms with Crippen molar-refractivity contribution in [2.75, 3.05) is 0 Å². The molecule has 0 aliphatic carbocycles. The van der Waals surface area contributed by atoms with Gasteiger partial charge >= 0.3 is 0 Å². The third-order valence-electron chi connectivity index (χ3n) is 2.60. The number of phenols is 1. The number of carbonyl (C=O) groups is 1. The average molecular weight is 280 g/mol. The van der Waals surface area contributed by atoms with Crippen LogP contribution in [0, 0.1) is 5.82 Å². The standard InChI is InChI=1S/C14H11ClFNO2/c15-12-4-2-1-3-9(12)8-17-14(19)11-6-5-10(16)7-13(11)18/h1-7,18H,8H2,(H,17,19). The maximum atomic E-state index is 12.8. The molecule has 0 saturated carbocycles. The highest BCUT2D eigenvalue weighted by Gasteiger charge is 2.11. The largest absolute Gasteiger partial charge is 0.507 e. The zero-order chi connectivity index (χ0) is 13.8. The molecule has 0 spiro atoms. The predicted molar refractivity (Wildman–Crippen MR) is 70.7 cm³/mol. The van der Waals surface area contributed by atoms with Crippen LogP contribution < -0.4 is 5.32 Å². The molecule has 2 N–H and O–H groups in total. The topological polar surface area (TPSA) is 49.3 Å². The highest BCUT2D eigenvalue weighted by molar-refractivity contribution is 6.31. The molecule has 0 bridgehead atoms. The van der Waals surface area contributed by atoms with Crippen molar-refractivity contribution in [1.82, 2.24) is 5.32 Å². The highest BCUT2D eigenvalue weighted by atomic mass is 35.5. The van der Waals surface area contributed by atoms with Gasteiger partial charge in [-0.1, -0.05) is 29.8 Å². The van der Waals surface area contributed by atoms with E-state index in [0.29, 0.717) is 5.02 Å². The van der Waals surface area contributed by atoms with Crippen molar-refractivity contribution in [1.29, 1.82) is 0 Å². The Balaban J connectivity index is 2.08. The fourth-order valence-electron chi connectivity index (χ4n) is 1.61. The van der Waals surface area contributed by atoms with Crippen LogP contribution in [0.3, 0.4) is 0 Å². The Bertz CT molecular complexity index is 616. The van der Waals surface area contributed by atoms with Crippen molar-refractivity contribution < 1.29 is 14.3 Å². The van der Waals surface area contributed by atoms with E-state index in [9.17, 15) is 14.3 Å². The molecule has 0 aromatic heterocycles. The van der Waals surface area contributed by atoms with Gasteiger partial charge in [0, 0.05) is 17.6 Å². The van der Waals surface area contributed by atoms with Crippen LogP contribution in [-0.4, -0.2) is 11.0 Å². The maximum absolute atomic E-state index is 12.8. The third-order valence-corrected chi connectivity index (χ3v) is 2.97. The van der Waals surface area contributed by atoms with Crippen LogP contribution in [0.15, 0.2) is 42.5 Å². The molecular formula is C14H11ClFNO2. The Morgan fingerprint density at radius 1 is 1.26 bits per heavy atom. The fourth-order valence-corrected chi connectivity index (χ4v) is 1.81. The minimum atomic E-state index is -0.597. The summed E-state index contributed by atoms with van der Waals surface area (Å²) in [5.74, 6) is -1.48. The molecule has 0 aliphatic rings. The van der Waals surface area contributed by atoms with Crippen LogP contribution in [0.4, 0.5) is 4.39 Å². The Labute approximate surface area is 114 Å². The van der Waals surface area contributed by atoms with E-state index >= 15 is 0 Å². The van der Waals surface area contributed by atoms with Gasteiger partial charge in [0.1, 0.15) is 11.6 Å². The van der Waals surface area contributed by atoms with Crippen molar-refractivity contribution in [2.24, 2.45) is 0 Å². The average Bonchev–Trinajstić information content (AvgIpc) is 2.37. The molecule has 5 heteroatoms. The van der Waals surface area contributed by atoms with Crippen molar-refractivity contribution in [3.05, 3.63) is 64.4 Å². The van der Waals surface area contributed by atoms with Crippen molar-refractivity contribution >= 4 is 17.5 Å². The van der Waals surface area contributed by atoms with Crippen molar-refractivity contribution in [2.45, 2.75) is 6.54 Å². The fraction of sp³-hybridized carbons (Fsp3) is 0.0714. The lowest BCUT2D eigenvalue weighted by Gasteiger charge is -2.08. The molecule has 0 saturated heterocycles. The molecule has 3 nitrogen and oxygen atoms in total. The van der Waals surface area contributed by atoms with Crippen molar-refractivity contribution in [3.63, 3.8) is 0 Å². The molecule has 0 unspecified atom stereocenters. The molecule has 0 atom stereocenters. The second kappa shape index (κ2) is 5.71. The number of hydrogen-bond donors (Lipinski definition) is 2. The summed E-state index contributed by atoms with van der Waals surface area (Å²) in [6.07, 6.45) is 0. The van der Waals surface area contributed by atoms with Crippen LogP contribution in [-0.2, 0) is 6.54 Å².